The van der Waals surface area contributed by atoms with Crippen LogP contribution in [0.5, 0.6) is 0 Å². The molecule has 1 aromatic carbocycles. The number of H-pyrrole nitrogens is 1. The van der Waals surface area contributed by atoms with Crippen LogP contribution in [0.4, 0.5) is 4.39 Å². The molecule has 0 radical (unpaired) electrons. The van der Waals surface area contributed by atoms with Crippen LogP contribution in [0.25, 0.3) is 22.0 Å². The Morgan fingerprint density at radius 1 is 1.35 bits per heavy atom. The van der Waals surface area contributed by atoms with Crippen molar-refractivity contribution in [3.63, 3.8) is 0 Å². The number of carbonyl (C=O) groups excluding carboxylic acids is 1. The molecule has 3 aromatic rings. The number of rotatable bonds is 3. The molecule has 1 amide bonds. The number of likely N-dealkylation sites (tertiary alicyclic amines) is 1. The summed E-state index contributed by atoms with van der Waals surface area (Å²) in [7, 11) is 0. The van der Waals surface area contributed by atoms with Crippen LogP contribution in [0.2, 0.25) is 0 Å². The zero-order chi connectivity index (χ0) is 17.4. The van der Waals surface area contributed by atoms with Gasteiger partial charge >= 0.3 is 0 Å². The van der Waals surface area contributed by atoms with Gasteiger partial charge in [0, 0.05) is 53.9 Å². The molecule has 2 aromatic heterocycles. The molecule has 1 saturated heterocycles. The van der Waals surface area contributed by atoms with Crippen molar-refractivity contribution in [2.24, 2.45) is 0 Å². The third-order valence-corrected chi connectivity index (χ3v) is 5.05. The summed E-state index contributed by atoms with van der Waals surface area (Å²) >= 11 is 0. The quantitative estimate of drug-likeness (QED) is 0.757. The highest BCUT2D eigenvalue weighted by Crippen LogP contribution is 2.30. The van der Waals surface area contributed by atoms with E-state index < -0.39 is 0 Å². The molecule has 3 heterocycles. The van der Waals surface area contributed by atoms with Crippen molar-refractivity contribution in [3.8, 4) is 11.1 Å². The Balaban J connectivity index is 0.00000196. The third kappa shape index (κ3) is 3.23. The third-order valence-electron chi connectivity index (χ3n) is 5.05. The molecule has 1 fully saturated rings. The number of amides is 1. The second-order valence-corrected chi connectivity index (χ2v) is 6.57. The maximum Gasteiger partial charge on any atom is 0.222 e. The predicted octanol–water partition coefficient (Wildman–Crippen LogP) is 4.38. The number of hydrogen-bond acceptors (Lipinski definition) is 2. The summed E-state index contributed by atoms with van der Waals surface area (Å²) in [5, 5.41) is 5.53. The van der Waals surface area contributed by atoms with E-state index in [4.69, 9.17) is 0 Å². The van der Waals surface area contributed by atoms with E-state index >= 15 is 0 Å². The maximum atomic E-state index is 13.3. The summed E-state index contributed by atoms with van der Waals surface area (Å²) in [6, 6.07) is 5.09. The normalized spacial score (nSPS) is 15.2. The second-order valence-electron chi connectivity index (χ2n) is 6.57. The van der Waals surface area contributed by atoms with Crippen LogP contribution in [0.3, 0.4) is 0 Å². The van der Waals surface area contributed by atoms with Gasteiger partial charge in [-0.25, -0.2) is 4.39 Å². The number of halogens is 1. The number of benzene rings is 1. The Morgan fingerprint density at radius 2 is 2.12 bits per heavy atom. The average molecular weight is 356 g/mol. The highest BCUT2D eigenvalue weighted by molar-refractivity contribution is 5.95. The van der Waals surface area contributed by atoms with E-state index in [1.54, 1.807) is 6.07 Å². The SMILES string of the molecule is C.CCC(=O)N1CCC(n2cc(-c3c[nH]c4cc(F)ccc34)cn2)CC1. The maximum absolute atomic E-state index is 13.3. The van der Waals surface area contributed by atoms with Gasteiger partial charge in [0.05, 0.1) is 12.2 Å². The van der Waals surface area contributed by atoms with Gasteiger partial charge in [-0.1, -0.05) is 14.4 Å². The van der Waals surface area contributed by atoms with Gasteiger partial charge in [-0.15, -0.1) is 0 Å². The van der Waals surface area contributed by atoms with Gasteiger partial charge < -0.3 is 9.88 Å². The summed E-state index contributed by atoms with van der Waals surface area (Å²) in [5.74, 6) is -0.0180. The van der Waals surface area contributed by atoms with Crippen LogP contribution in [-0.2, 0) is 4.79 Å². The van der Waals surface area contributed by atoms with Crippen molar-refractivity contribution >= 4 is 16.8 Å². The minimum absolute atomic E-state index is 0. The van der Waals surface area contributed by atoms with Crippen molar-refractivity contribution < 1.29 is 9.18 Å². The summed E-state index contributed by atoms with van der Waals surface area (Å²) in [6.45, 7) is 3.49. The minimum atomic E-state index is -0.245. The van der Waals surface area contributed by atoms with E-state index in [9.17, 15) is 9.18 Å². The fraction of sp³-hybridized carbons (Fsp3) is 0.400. The lowest BCUT2D eigenvalue weighted by atomic mass is 10.0. The van der Waals surface area contributed by atoms with E-state index in [1.807, 2.05) is 35.1 Å². The minimum Gasteiger partial charge on any atom is -0.360 e. The van der Waals surface area contributed by atoms with E-state index in [0.717, 1.165) is 48.0 Å². The first-order valence-electron chi connectivity index (χ1n) is 8.74. The molecule has 5 nitrogen and oxygen atoms in total. The van der Waals surface area contributed by atoms with Gasteiger partial charge in [-0.05, 0) is 31.0 Å². The summed E-state index contributed by atoms with van der Waals surface area (Å²) < 4.78 is 15.4. The zero-order valence-corrected chi connectivity index (χ0v) is 14.2. The molecule has 1 aliphatic rings. The Kier molecular flexibility index (Phi) is 5.11. The second kappa shape index (κ2) is 7.32. The molecular formula is C20H25FN4O. The van der Waals surface area contributed by atoms with Gasteiger partial charge in [-0.3, -0.25) is 9.48 Å². The lowest BCUT2D eigenvalue weighted by Gasteiger charge is -2.31. The topological polar surface area (TPSA) is 53.9 Å². The van der Waals surface area contributed by atoms with Crippen LogP contribution >= 0.6 is 0 Å². The van der Waals surface area contributed by atoms with Gasteiger partial charge in [0.1, 0.15) is 5.82 Å². The van der Waals surface area contributed by atoms with E-state index in [1.165, 1.54) is 12.1 Å². The zero-order valence-electron chi connectivity index (χ0n) is 14.2. The highest BCUT2D eigenvalue weighted by atomic mass is 19.1. The average Bonchev–Trinajstić information content (AvgIpc) is 3.27. The molecule has 26 heavy (non-hydrogen) atoms. The highest BCUT2D eigenvalue weighted by Gasteiger charge is 2.23. The first-order chi connectivity index (χ1) is 12.2. The van der Waals surface area contributed by atoms with Crippen LogP contribution in [0, 0.1) is 5.82 Å². The van der Waals surface area contributed by atoms with Crippen molar-refractivity contribution in [3.05, 3.63) is 42.6 Å². The van der Waals surface area contributed by atoms with Crippen molar-refractivity contribution in [1.29, 1.82) is 0 Å². The van der Waals surface area contributed by atoms with Crippen molar-refractivity contribution in [1.82, 2.24) is 19.7 Å². The number of fused-ring (bicyclic) bond motifs is 1. The number of aromatic amines is 1. The molecule has 4 rings (SSSR count). The molecule has 0 saturated carbocycles. The van der Waals surface area contributed by atoms with Crippen molar-refractivity contribution in [2.45, 2.75) is 39.7 Å². The Morgan fingerprint density at radius 3 is 2.85 bits per heavy atom. The van der Waals surface area contributed by atoms with Crippen LogP contribution < -0.4 is 0 Å². The predicted molar refractivity (Wildman–Crippen MR) is 101 cm³/mol. The number of carbonyl (C=O) groups is 1. The van der Waals surface area contributed by atoms with Crippen LogP contribution in [0.1, 0.15) is 39.7 Å². The first kappa shape index (κ1) is 18.2. The number of aromatic nitrogens is 3. The van der Waals surface area contributed by atoms with E-state index in [2.05, 4.69) is 10.1 Å². The van der Waals surface area contributed by atoms with E-state index in [0.29, 0.717) is 12.5 Å². The standard InChI is InChI=1S/C19H21FN4O.CH4/c1-2-19(25)23-7-5-15(6-8-23)24-12-13(10-22-24)17-11-21-18-9-14(20)3-4-16(17)18;/h3-4,9-12,15,21H,2,5-8H2,1H3;1H4. The summed E-state index contributed by atoms with van der Waals surface area (Å²) in [5.41, 5.74) is 2.83. The fourth-order valence-electron chi connectivity index (χ4n) is 3.62. The van der Waals surface area contributed by atoms with E-state index in [-0.39, 0.29) is 19.2 Å². The molecule has 1 N–H and O–H groups in total. The van der Waals surface area contributed by atoms with Gasteiger partial charge in [0.2, 0.25) is 5.91 Å². The Bertz CT molecular complexity index is 906. The molecular weight excluding hydrogens is 331 g/mol. The number of nitrogens with one attached hydrogen (secondary N) is 1. The van der Waals surface area contributed by atoms with Crippen LogP contribution in [-0.4, -0.2) is 38.7 Å². The lowest BCUT2D eigenvalue weighted by molar-refractivity contribution is -0.132. The number of hydrogen-bond donors (Lipinski definition) is 1. The first-order valence-corrected chi connectivity index (χ1v) is 8.74. The lowest BCUT2D eigenvalue weighted by Crippen LogP contribution is -2.38. The molecule has 0 bridgehead atoms. The largest absolute Gasteiger partial charge is 0.360 e. The Labute approximate surface area is 152 Å². The van der Waals surface area contributed by atoms with Gasteiger partial charge in [0.15, 0.2) is 0 Å². The smallest absolute Gasteiger partial charge is 0.222 e. The monoisotopic (exact) mass is 356 g/mol. The molecule has 0 spiro atoms. The summed E-state index contributed by atoms with van der Waals surface area (Å²) in [6.07, 6.45) is 8.22. The number of piperidine rings is 1. The Hall–Kier alpha value is -2.63. The molecule has 0 atom stereocenters. The molecule has 6 heteroatoms. The van der Waals surface area contributed by atoms with Crippen molar-refractivity contribution in [2.75, 3.05) is 13.1 Å². The molecule has 0 unspecified atom stereocenters. The number of nitrogens with zero attached hydrogens (tertiary/aromatic N) is 3. The molecule has 0 aliphatic carbocycles. The molecule has 138 valence electrons. The van der Waals surface area contributed by atoms with Crippen LogP contribution in [0.15, 0.2) is 36.8 Å². The summed E-state index contributed by atoms with van der Waals surface area (Å²) in [4.78, 5) is 16.9. The van der Waals surface area contributed by atoms with Gasteiger partial charge in [0.25, 0.3) is 0 Å². The van der Waals surface area contributed by atoms with Gasteiger partial charge in [-0.2, -0.15) is 5.10 Å². The molecule has 1 aliphatic heterocycles. The fourth-order valence-corrected chi connectivity index (χ4v) is 3.62.